The van der Waals surface area contributed by atoms with Crippen LogP contribution < -0.4 is 5.32 Å². The average molecular weight is 473 g/mol. The molecule has 1 atom stereocenters. The molecule has 3 aromatic rings. The third kappa shape index (κ3) is 6.90. The zero-order valence-corrected chi connectivity index (χ0v) is 19.9. The van der Waals surface area contributed by atoms with Crippen LogP contribution in [0.25, 0.3) is 10.8 Å². The number of aryl methyl sites for hydroxylation is 1. The van der Waals surface area contributed by atoms with E-state index < -0.39 is 24.5 Å². The van der Waals surface area contributed by atoms with Crippen molar-refractivity contribution in [1.82, 2.24) is 0 Å². The molecule has 0 aliphatic rings. The molecule has 1 amide bonds. The predicted molar refractivity (Wildman–Crippen MR) is 133 cm³/mol. The van der Waals surface area contributed by atoms with Gasteiger partial charge in [-0.2, -0.15) is 5.26 Å². The number of fused-ring (bicyclic) bond motifs is 1. The Balaban J connectivity index is 1.67. The van der Waals surface area contributed by atoms with E-state index in [1.54, 1.807) is 25.1 Å². The Morgan fingerprint density at radius 3 is 2.54 bits per heavy atom. The van der Waals surface area contributed by atoms with Crippen LogP contribution in [0.2, 0.25) is 0 Å². The molecule has 0 saturated carbocycles. The number of hydrogen-bond acceptors (Lipinski definition) is 6. The number of carbonyl (C=O) groups is 3. The Kier molecular flexibility index (Phi) is 8.96. The average Bonchev–Trinajstić information content (AvgIpc) is 2.87. The molecular formula is C28H28N2O5. The lowest BCUT2D eigenvalue weighted by Crippen LogP contribution is -2.20. The van der Waals surface area contributed by atoms with E-state index in [4.69, 9.17) is 9.47 Å². The second-order valence-corrected chi connectivity index (χ2v) is 8.08. The zero-order chi connectivity index (χ0) is 25.2. The highest BCUT2D eigenvalue weighted by molar-refractivity contribution is 5.99. The number of nitrogens with zero attached hydrogens (tertiary/aromatic N) is 1. The quantitative estimate of drug-likeness (QED) is 0.422. The lowest BCUT2D eigenvalue weighted by Gasteiger charge is -2.17. The van der Waals surface area contributed by atoms with Crippen molar-refractivity contribution in [2.45, 2.75) is 39.0 Å². The van der Waals surface area contributed by atoms with E-state index in [1.165, 1.54) is 0 Å². The van der Waals surface area contributed by atoms with Gasteiger partial charge in [-0.05, 0) is 60.7 Å². The van der Waals surface area contributed by atoms with Gasteiger partial charge in [0.15, 0.2) is 6.61 Å². The Morgan fingerprint density at radius 1 is 1.00 bits per heavy atom. The second-order valence-electron chi connectivity index (χ2n) is 8.08. The van der Waals surface area contributed by atoms with Gasteiger partial charge in [-0.1, -0.05) is 48.5 Å². The second kappa shape index (κ2) is 12.3. The highest BCUT2D eigenvalue weighted by Gasteiger charge is 2.19. The first kappa shape index (κ1) is 25.4. The van der Waals surface area contributed by atoms with Crippen molar-refractivity contribution in [1.29, 1.82) is 5.26 Å². The molecule has 0 aliphatic heterocycles. The van der Waals surface area contributed by atoms with E-state index in [2.05, 4.69) is 11.4 Å². The minimum Gasteiger partial charge on any atom is -0.463 e. The van der Waals surface area contributed by atoms with Crippen LogP contribution in [0, 0.1) is 11.3 Å². The van der Waals surface area contributed by atoms with Crippen LogP contribution in [0.4, 0.5) is 5.69 Å². The normalized spacial score (nSPS) is 11.3. The van der Waals surface area contributed by atoms with E-state index in [0.29, 0.717) is 24.1 Å². The molecule has 0 bridgehead atoms. The number of amides is 1. The largest absolute Gasteiger partial charge is 0.463 e. The van der Waals surface area contributed by atoms with E-state index in [1.807, 2.05) is 49.4 Å². The van der Waals surface area contributed by atoms with Crippen molar-refractivity contribution < 1.29 is 23.9 Å². The molecular weight excluding hydrogens is 444 g/mol. The highest BCUT2D eigenvalue weighted by Crippen LogP contribution is 2.28. The van der Waals surface area contributed by atoms with Gasteiger partial charge in [0.05, 0.1) is 24.2 Å². The van der Waals surface area contributed by atoms with Gasteiger partial charge < -0.3 is 14.8 Å². The standard InChI is InChI=1S/C28H28N2O5/c1-3-34-27(32)18-35-26(31)13-7-10-22-15-14-20(17-29)16-25(22)30-28(33)19(2)23-12-6-9-21-8-4-5-11-24(21)23/h4-6,8-9,11-12,14-16,19H,3,7,10,13,18H2,1-2H3,(H,30,33). The van der Waals surface area contributed by atoms with E-state index in [9.17, 15) is 19.6 Å². The van der Waals surface area contributed by atoms with E-state index in [-0.39, 0.29) is 18.9 Å². The van der Waals surface area contributed by atoms with Gasteiger partial charge in [-0.25, -0.2) is 4.79 Å². The van der Waals surface area contributed by atoms with Gasteiger partial charge in [0, 0.05) is 12.1 Å². The molecule has 0 aromatic heterocycles. The smallest absolute Gasteiger partial charge is 0.344 e. The number of benzene rings is 3. The number of carbonyl (C=O) groups excluding carboxylic acids is 3. The van der Waals surface area contributed by atoms with Crippen LogP contribution in [0.5, 0.6) is 0 Å². The molecule has 7 heteroatoms. The molecule has 1 unspecified atom stereocenters. The summed E-state index contributed by atoms with van der Waals surface area (Å²) in [6.45, 7) is 3.35. The van der Waals surface area contributed by atoms with Crippen molar-refractivity contribution >= 4 is 34.3 Å². The third-order valence-electron chi connectivity index (χ3n) is 5.66. The molecule has 0 fully saturated rings. The van der Waals surface area contributed by atoms with Gasteiger partial charge in [0.2, 0.25) is 5.91 Å². The minimum absolute atomic E-state index is 0.110. The monoisotopic (exact) mass is 472 g/mol. The maximum atomic E-state index is 13.2. The Labute approximate surface area is 204 Å². The van der Waals surface area contributed by atoms with Crippen LogP contribution in [-0.4, -0.2) is 31.1 Å². The van der Waals surface area contributed by atoms with Gasteiger partial charge in [0.25, 0.3) is 0 Å². The van der Waals surface area contributed by atoms with Crippen LogP contribution in [0.1, 0.15) is 49.3 Å². The molecule has 0 heterocycles. The number of nitriles is 1. The van der Waals surface area contributed by atoms with Crippen LogP contribution in [-0.2, 0) is 30.3 Å². The first-order valence-corrected chi connectivity index (χ1v) is 11.6. The summed E-state index contributed by atoms with van der Waals surface area (Å²) in [4.78, 5) is 36.4. The summed E-state index contributed by atoms with van der Waals surface area (Å²) in [5.41, 5.74) is 2.69. The summed E-state index contributed by atoms with van der Waals surface area (Å²) in [5, 5.41) is 14.4. The van der Waals surface area contributed by atoms with Crippen molar-refractivity contribution in [3.63, 3.8) is 0 Å². The number of ether oxygens (including phenoxy) is 2. The third-order valence-corrected chi connectivity index (χ3v) is 5.66. The topological polar surface area (TPSA) is 105 Å². The van der Waals surface area contributed by atoms with E-state index in [0.717, 1.165) is 21.9 Å². The molecule has 180 valence electrons. The fourth-order valence-electron chi connectivity index (χ4n) is 3.83. The van der Waals surface area contributed by atoms with Gasteiger partial charge in [0.1, 0.15) is 0 Å². The minimum atomic E-state index is -0.585. The molecule has 35 heavy (non-hydrogen) atoms. The first-order chi connectivity index (χ1) is 16.9. The zero-order valence-electron chi connectivity index (χ0n) is 19.9. The number of hydrogen-bond donors (Lipinski definition) is 1. The Morgan fingerprint density at radius 2 is 1.77 bits per heavy atom. The summed E-state index contributed by atoms with van der Waals surface area (Å²) in [7, 11) is 0. The Bertz CT molecular complexity index is 1260. The van der Waals surface area contributed by atoms with Crippen molar-refractivity contribution in [2.75, 3.05) is 18.5 Å². The summed E-state index contributed by atoms with van der Waals surface area (Å²) in [5.74, 6) is -1.69. The molecule has 1 N–H and O–H groups in total. The number of rotatable bonds is 10. The lowest BCUT2D eigenvalue weighted by molar-refractivity contribution is -0.158. The molecule has 0 spiro atoms. The van der Waals surface area contributed by atoms with Crippen LogP contribution in [0.3, 0.4) is 0 Å². The van der Waals surface area contributed by atoms with Crippen molar-refractivity contribution in [3.05, 3.63) is 77.4 Å². The number of nitrogens with one attached hydrogen (secondary N) is 1. The number of esters is 2. The maximum absolute atomic E-state index is 13.2. The SMILES string of the molecule is CCOC(=O)COC(=O)CCCc1ccc(C#N)cc1NC(=O)C(C)c1cccc2ccccc12. The van der Waals surface area contributed by atoms with Gasteiger partial charge >= 0.3 is 11.9 Å². The molecule has 3 rings (SSSR count). The van der Waals surface area contributed by atoms with Gasteiger partial charge in [-0.3, -0.25) is 9.59 Å². The molecule has 7 nitrogen and oxygen atoms in total. The van der Waals surface area contributed by atoms with Gasteiger partial charge in [-0.15, -0.1) is 0 Å². The fraction of sp³-hybridized carbons (Fsp3) is 0.286. The summed E-state index contributed by atoms with van der Waals surface area (Å²) in [6, 6.07) is 21.0. The fourth-order valence-corrected chi connectivity index (χ4v) is 3.83. The summed E-state index contributed by atoms with van der Waals surface area (Å²) < 4.78 is 9.65. The molecule has 0 aliphatic carbocycles. The van der Waals surface area contributed by atoms with Crippen molar-refractivity contribution in [3.8, 4) is 6.07 Å². The first-order valence-electron chi connectivity index (χ1n) is 11.6. The number of anilines is 1. The molecule has 0 saturated heterocycles. The maximum Gasteiger partial charge on any atom is 0.344 e. The van der Waals surface area contributed by atoms with Crippen LogP contribution in [0.15, 0.2) is 60.7 Å². The van der Waals surface area contributed by atoms with Crippen LogP contribution >= 0.6 is 0 Å². The predicted octanol–water partition coefficient (Wildman–Crippen LogP) is 4.88. The summed E-state index contributed by atoms with van der Waals surface area (Å²) >= 11 is 0. The van der Waals surface area contributed by atoms with Crippen molar-refractivity contribution in [2.24, 2.45) is 0 Å². The Hall–Kier alpha value is -4.18. The molecule has 3 aromatic carbocycles. The highest BCUT2D eigenvalue weighted by atomic mass is 16.6. The van der Waals surface area contributed by atoms with E-state index >= 15 is 0 Å². The molecule has 0 radical (unpaired) electrons. The summed E-state index contributed by atoms with van der Waals surface area (Å²) in [6.07, 6.45) is 1.05. The lowest BCUT2D eigenvalue weighted by atomic mass is 9.94.